The highest BCUT2D eigenvalue weighted by Gasteiger charge is 2.34. The van der Waals surface area contributed by atoms with E-state index in [9.17, 15) is 18.4 Å². The number of azo groups is 1. The molecule has 3 N–H and O–H groups in total. The summed E-state index contributed by atoms with van der Waals surface area (Å²) in [6, 6.07) is 14.1. The van der Waals surface area contributed by atoms with Gasteiger partial charge in [-0.25, -0.2) is 4.98 Å². The summed E-state index contributed by atoms with van der Waals surface area (Å²) in [5, 5.41) is 20.0. The van der Waals surface area contributed by atoms with E-state index in [0.717, 1.165) is 12.1 Å². The van der Waals surface area contributed by atoms with Gasteiger partial charge in [0.05, 0.1) is 16.8 Å². The summed E-state index contributed by atoms with van der Waals surface area (Å²) in [6.07, 6.45) is -4.67. The molecule has 0 atom stereocenters. The van der Waals surface area contributed by atoms with Gasteiger partial charge in [-0.05, 0) is 37.3 Å². The summed E-state index contributed by atoms with van der Waals surface area (Å²) in [5.74, 6) is 0.122. The van der Waals surface area contributed by atoms with Gasteiger partial charge in [-0.1, -0.05) is 29.8 Å². The molecular weight excluding hydrogens is 417 g/mol. The van der Waals surface area contributed by atoms with Gasteiger partial charge in [0.15, 0.2) is 11.6 Å². The zero-order valence-corrected chi connectivity index (χ0v) is 16.3. The molecule has 0 unspecified atom stereocenters. The Kier molecular flexibility index (Phi) is 5.89. The quantitative estimate of drug-likeness (QED) is 0.451. The van der Waals surface area contributed by atoms with Crippen molar-refractivity contribution in [3.05, 3.63) is 70.2 Å². The zero-order valence-electron chi connectivity index (χ0n) is 15.5. The average molecular weight is 431 g/mol. The second-order valence-electron chi connectivity index (χ2n) is 6.16. The number of nitriles is 1. The normalized spacial score (nSPS) is 11.5. The van der Waals surface area contributed by atoms with Crippen LogP contribution < -0.4 is 11.1 Å². The van der Waals surface area contributed by atoms with Crippen LogP contribution in [-0.2, 0) is 6.18 Å². The molecule has 1 heterocycles. The van der Waals surface area contributed by atoms with Crippen molar-refractivity contribution in [2.24, 2.45) is 10.2 Å². The number of rotatable bonds is 4. The number of para-hydroxylation sites is 1. The third kappa shape index (κ3) is 4.50. The van der Waals surface area contributed by atoms with Crippen molar-refractivity contribution in [2.75, 3.05) is 11.1 Å². The Morgan fingerprint density at radius 3 is 2.47 bits per heavy atom. The lowest BCUT2D eigenvalue weighted by Crippen LogP contribution is -2.05. The predicted octanol–water partition coefficient (Wildman–Crippen LogP) is 6.68. The Bertz CT molecular complexity index is 1150. The fraction of sp³-hybridized carbons (Fsp3) is 0.100. The molecular formula is C20H14ClF3N6. The number of alkyl halides is 3. The minimum atomic E-state index is -4.67. The predicted molar refractivity (Wildman–Crippen MR) is 108 cm³/mol. The number of halogens is 4. The number of nitrogens with one attached hydrogen (secondary N) is 1. The van der Waals surface area contributed by atoms with E-state index in [0.29, 0.717) is 11.3 Å². The van der Waals surface area contributed by atoms with Crippen molar-refractivity contribution in [1.29, 1.82) is 5.26 Å². The molecule has 0 bridgehead atoms. The van der Waals surface area contributed by atoms with Gasteiger partial charge < -0.3 is 11.1 Å². The highest BCUT2D eigenvalue weighted by Crippen LogP contribution is 2.39. The summed E-state index contributed by atoms with van der Waals surface area (Å²) < 4.78 is 39.7. The second kappa shape index (κ2) is 8.39. The van der Waals surface area contributed by atoms with Crippen LogP contribution in [0.1, 0.15) is 16.7 Å². The number of hydrogen-bond acceptors (Lipinski definition) is 6. The molecule has 0 spiro atoms. The number of nitrogens with two attached hydrogens (primary N) is 1. The first-order valence-electron chi connectivity index (χ1n) is 8.51. The van der Waals surface area contributed by atoms with Gasteiger partial charge in [0.25, 0.3) is 0 Å². The van der Waals surface area contributed by atoms with E-state index >= 15 is 0 Å². The highest BCUT2D eigenvalue weighted by molar-refractivity contribution is 6.30. The summed E-state index contributed by atoms with van der Waals surface area (Å²) in [5.41, 5.74) is 5.65. The molecule has 0 aliphatic heterocycles. The first-order valence-corrected chi connectivity index (χ1v) is 8.89. The van der Waals surface area contributed by atoms with E-state index in [-0.39, 0.29) is 27.9 Å². The third-order valence-electron chi connectivity index (χ3n) is 4.11. The fourth-order valence-electron chi connectivity index (χ4n) is 2.66. The number of nitrogen functional groups attached to an aromatic ring is 1. The number of nitrogens with zero attached hydrogens (tertiary/aromatic N) is 4. The molecule has 10 heteroatoms. The Hall–Kier alpha value is -3.64. The first-order chi connectivity index (χ1) is 14.2. The van der Waals surface area contributed by atoms with E-state index in [1.54, 1.807) is 31.2 Å². The molecule has 0 saturated carbocycles. The van der Waals surface area contributed by atoms with Crippen molar-refractivity contribution in [3.63, 3.8) is 0 Å². The lowest BCUT2D eigenvalue weighted by molar-refractivity contribution is -0.137. The molecule has 3 aromatic rings. The van der Waals surface area contributed by atoms with Crippen LogP contribution in [0.3, 0.4) is 0 Å². The van der Waals surface area contributed by atoms with Gasteiger partial charge in [0, 0.05) is 16.3 Å². The van der Waals surface area contributed by atoms with Crippen LogP contribution in [0.4, 0.5) is 41.9 Å². The summed E-state index contributed by atoms with van der Waals surface area (Å²) >= 11 is 5.67. The SMILES string of the molecule is Cc1c(C#N)c(Nc2ccccc2)nc(N)c1N=Nc1ccc(Cl)cc1C(F)(F)F. The lowest BCUT2D eigenvalue weighted by Gasteiger charge is -2.13. The number of hydrogen-bond donors (Lipinski definition) is 2. The van der Waals surface area contributed by atoms with Gasteiger partial charge in [0.2, 0.25) is 0 Å². The number of anilines is 3. The fourth-order valence-corrected chi connectivity index (χ4v) is 2.83. The van der Waals surface area contributed by atoms with Gasteiger partial charge in [-0.15, -0.1) is 10.2 Å². The molecule has 6 nitrogen and oxygen atoms in total. The van der Waals surface area contributed by atoms with Crippen molar-refractivity contribution in [1.82, 2.24) is 4.98 Å². The molecule has 152 valence electrons. The van der Waals surface area contributed by atoms with Crippen molar-refractivity contribution in [3.8, 4) is 6.07 Å². The molecule has 0 aliphatic rings. The van der Waals surface area contributed by atoms with Crippen LogP contribution in [-0.4, -0.2) is 4.98 Å². The van der Waals surface area contributed by atoms with Crippen LogP contribution in [0.25, 0.3) is 0 Å². The van der Waals surface area contributed by atoms with Crippen LogP contribution in [0.15, 0.2) is 58.8 Å². The van der Waals surface area contributed by atoms with Crippen molar-refractivity contribution < 1.29 is 13.2 Å². The first kappa shape index (κ1) is 21.1. The second-order valence-corrected chi connectivity index (χ2v) is 6.59. The Morgan fingerprint density at radius 2 is 1.83 bits per heavy atom. The Morgan fingerprint density at radius 1 is 1.13 bits per heavy atom. The molecule has 1 aromatic heterocycles. The van der Waals surface area contributed by atoms with Crippen molar-refractivity contribution in [2.45, 2.75) is 13.1 Å². The summed E-state index contributed by atoms with van der Waals surface area (Å²) in [6.45, 7) is 1.56. The summed E-state index contributed by atoms with van der Waals surface area (Å²) in [4.78, 5) is 4.14. The number of aromatic nitrogens is 1. The number of benzene rings is 2. The largest absolute Gasteiger partial charge is 0.418 e. The van der Waals surface area contributed by atoms with Gasteiger partial charge in [-0.3, -0.25) is 0 Å². The minimum Gasteiger partial charge on any atom is -0.382 e. The smallest absolute Gasteiger partial charge is 0.382 e. The van der Waals surface area contributed by atoms with Crippen molar-refractivity contribution >= 4 is 40.3 Å². The third-order valence-corrected chi connectivity index (χ3v) is 4.35. The van der Waals surface area contributed by atoms with Crippen LogP contribution in [0.2, 0.25) is 5.02 Å². The molecule has 0 saturated heterocycles. The molecule has 0 amide bonds. The van der Waals surface area contributed by atoms with Gasteiger partial charge >= 0.3 is 6.18 Å². The molecule has 3 rings (SSSR count). The molecule has 0 radical (unpaired) electrons. The highest BCUT2D eigenvalue weighted by atomic mass is 35.5. The summed E-state index contributed by atoms with van der Waals surface area (Å²) in [7, 11) is 0. The number of pyridine rings is 1. The van der Waals surface area contributed by atoms with E-state index in [1.165, 1.54) is 6.07 Å². The van der Waals surface area contributed by atoms with Gasteiger partial charge in [0.1, 0.15) is 11.8 Å². The van der Waals surface area contributed by atoms with Gasteiger partial charge in [-0.2, -0.15) is 18.4 Å². The van der Waals surface area contributed by atoms with Crippen LogP contribution >= 0.6 is 11.6 Å². The Balaban J connectivity index is 2.03. The van der Waals surface area contributed by atoms with E-state index in [4.69, 9.17) is 17.3 Å². The van der Waals surface area contributed by atoms with E-state index in [2.05, 4.69) is 20.5 Å². The molecule has 0 aliphatic carbocycles. The topological polar surface area (TPSA) is 99.5 Å². The van der Waals surface area contributed by atoms with Crippen LogP contribution in [0, 0.1) is 18.3 Å². The lowest BCUT2D eigenvalue weighted by atomic mass is 10.1. The van der Waals surface area contributed by atoms with E-state index < -0.39 is 17.4 Å². The van der Waals surface area contributed by atoms with Crippen LogP contribution in [0.5, 0.6) is 0 Å². The zero-order chi connectivity index (χ0) is 21.9. The monoisotopic (exact) mass is 430 g/mol. The maximum atomic E-state index is 13.2. The standard InChI is InChI=1S/C20H14ClF3N6/c1-11-14(10-25)19(27-13-5-3-2-4-6-13)28-18(26)17(11)30-29-16-8-7-12(21)9-15(16)20(22,23)24/h2-9H,1H3,(H3,26,27,28). The minimum absolute atomic E-state index is 0.00763. The van der Waals surface area contributed by atoms with E-state index in [1.807, 2.05) is 12.1 Å². The maximum absolute atomic E-state index is 13.2. The molecule has 30 heavy (non-hydrogen) atoms. The molecule has 0 fully saturated rings. The maximum Gasteiger partial charge on any atom is 0.418 e. The average Bonchev–Trinajstić information content (AvgIpc) is 2.69. The molecule has 2 aromatic carbocycles. The Labute approximate surface area is 174 Å².